The summed E-state index contributed by atoms with van der Waals surface area (Å²) in [5.74, 6) is -0.411. The zero-order valence-corrected chi connectivity index (χ0v) is 42.6. The molecule has 1 heterocycles. The Kier molecular flexibility index (Phi) is 42.1. The van der Waals surface area contributed by atoms with Crippen LogP contribution < -0.4 is 0 Å². The molecule has 13 heteroatoms. The SMILES string of the molecule is CCC/C=C\C/C=C\CCCCCCCC(=O)OC(COCCCCCCCCCCCCCCCC/C=C\CCCCCCCCCC)COC1OC(CO)C(O)C(OS(=O)(=O)O)C1O. The van der Waals surface area contributed by atoms with Gasteiger partial charge in [0.25, 0.3) is 0 Å². The Labute approximate surface area is 403 Å². The minimum Gasteiger partial charge on any atom is -0.457 e. The van der Waals surface area contributed by atoms with Crippen molar-refractivity contribution in [1.82, 2.24) is 0 Å². The first-order valence-electron chi connectivity index (χ1n) is 26.7. The van der Waals surface area contributed by atoms with Gasteiger partial charge in [0, 0.05) is 13.0 Å². The number of allylic oxidation sites excluding steroid dienone is 6. The molecule has 0 aromatic heterocycles. The summed E-state index contributed by atoms with van der Waals surface area (Å²) >= 11 is 0. The molecular weight excluding hydrogens is 861 g/mol. The minimum absolute atomic E-state index is 0.0320. The monoisotopic (exact) mass is 959 g/mol. The summed E-state index contributed by atoms with van der Waals surface area (Å²) in [6, 6.07) is 0. The van der Waals surface area contributed by atoms with Crippen molar-refractivity contribution in [2.45, 2.75) is 269 Å². The Hall–Kier alpha value is -1.68. The molecule has 1 aliphatic heterocycles. The van der Waals surface area contributed by atoms with Crippen molar-refractivity contribution in [3.05, 3.63) is 36.5 Å². The number of rotatable bonds is 47. The Balaban J connectivity index is 2.27. The minimum atomic E-state index is -5.07. The van der Waals surface area contributed by atoms with Crippen LogP contribution in [0.25, 0.3) is 0 Å². The maximum Gasteiger partial charge on any atom is 0.397 e. The molecule has 66 heavy (non-hydrogen) atoms. The highest BCUT2D eigenvalue weighted by Gasteiger charge is 2.48. The van der Waals surface area contributed by atoms with Crippen molar-refractivity contribution in [3.8, 4) is 0 Å². The van der Waals surface area contributed by atoms with Crippen LogP contribution in [0.4, 0.5) is 0 Å². The molecule has 0 spiro atoms. The van der Waals surface area contributed by atoms with Crippen LogP contribution in [0, 0.1) is 0 Å². The van der Waals surface area contributed by atoms with Gasteiger partial charge in [0.05, 0.1) is 19.8 Å². The van der Waals surface area contributed by atoms with E-state index >= 15 is 0 Å². The molecule has 0 saturated carbocycles. The summed E-state index contributed by atoms with van der Waals surface area (Å²) in [5.41, 5.74) is 0. The zero-order chi connectivity index (χ0) is 48.2. The van der Waals surface area contributed by atoms with E-state index in [0.717, 1.165) is 64.2 Å². The lowest BCUT2D eigenvalue weighted by Gasteiger charge is -2.41. The van der Waals surface area contributed by atoms with Gasteiger partial charge in [-0.15, -0.1) is 0 Å². The highest BCUT2D eigenvalue weighted by Crippen LogP contribution is 2.26. The van der Waals surface area contributed by atoms with Crippen LogP contribution in [-0.2, 0) is 38.3 Å². The summed E-state index contributed by atoms with van der Waals surface area (Å²) in [7, 11) is -5.07. The number of carbonyl (C=O) groups is 1. The fourth-order valence-corrected chi connectivity index (χ4v) is 8.69. The van der Waals surface area contributed by atoms with E-state index in [1.165, 1.54) is 141 Å². The average Bonchev–Trinajstić information content (AvgIpc) is 3.29. The van der Waals surface area contributed by atoms with Crippen molar-refractivity contribution in [2.75, 3.05) is 26.4 Å². The maximum atomic E-state index is 12.9. The lowest BCUT2D eigenvalue weighted by Crippen LogP contribution is -2.60. The number of esters is 1. The summed E-state index contributed by atoms with van der Waals surface area (Å²) in [6.07, 6.45) is 44.8. The second kappa shape index (κ2) is 44.5. The molecule has 0 amide bonds. The van der Waals surface area contributed by atoms with Crippen LogP contribution in [-0.4, -0.2) is 97.5 Å². The second-order valence-electron chi connectivity index (χ2n) is 18.5. The van der Waals surface area contributed by atoms with E-state index in [2.05, 4.69) is 54.5 Å². The van der Waals surface area contributed by atoms with E-state index in [1.54, 1.807) is 0 Å². The van der Waals surface area contributed by atoms with Gasteiger partial charge in [0.15, 0.2) is 6.29 Å². The predicted molar refractivity (Wildman–Crippen MR) is 267 cm³/mol. The van der Waals surface area contributed by atoms with Crippen molar-refractivity contribution in [2.24, 2.45) is 0 Å². The average molecular weight is 959 g/mol. The lowest BCUT2D eigenvalue weighted by atomic mass is 9.99. The molecule has 0 aliphatic carbocycles. The van der Waals surface area contributed by atoms with E-state index in [0.29, 0.717) is 13.0 Å². The number of carbonyl (C=O) groups excluding carboxylic acids is 1. The number of aliphatic hydroxyl groups is 3. The van der Waals surface area contributed by atoms with Crippen molar-refractivity contribution >= 4 is 16.4 Å². The number of aliphatic hydroxyl groups excluding tert-OH is 3. The second-order valence-corrected chi connectivity index (χ2v) is 19.5. The smallest absolute Gasteiger partial charge is 0.397 e. The van der Waals surface area contributed by atoms with Gasteiger partial charge in [-0.3, -0.25) is 9.35 Å². The van der Waals surface area contributed by atoms with Crippen LogP contribution in [0.3, 0.4) is 0 Å². The van der Waals surface area contributed by atoms with Crippen LogP contribution in [0.2, 0.25) is 0 Å². The van der Waals surface area contributed by atoms with Crippen LogP contribution in [0.5, 0.6) is 0 Å². The molecule has 0 bridgehead atoms. The Morgan fingerprint density at radius 1 is 0.576 bits per heavy atom. The molecule has 4 N–H and O–H groups in total. The fraction of sp³-hybridized carbons (Fsp3) is 0.868. The van der Waals surface area contributed by atoms with Crippen molar-refractivity contribution < 1.29 is 56.2 Å². The molecule has 0 aromatic rings. The standard InChI is InChI=1S/C53H98O12S/c1-3-5-7-9-11-13-15-17-18-19-20-21-22-23-24-25-26-27-28-29-31-33-35-37-39-41-43-61-45-47(46-62-53-51(57)52(65-66(58,59)60)50(56)48(44-54)64-53)63-49(55)42-40-38-36-34-32-30-16-14-12-10-8-6-4-2/h8,10,14,16,19-20,47-48,50-54,56-57H,3-7,9,11-13,15,17-18,21-46H2,1-2H3,(H,58,59,60)/b10-8-,16-14-,20-19-. The van der Waals surface area contributed by atoms with Crippen LogP contribution in [0.1, 0.15) is 232 Å². The highest BCUT2D eigenvalue weighted by atomic mass is 32.3. The lowest BCUT2D eigenvalue weighted by molar-refractivity contribution is -0.301. The van der Waals surface area contributed by atoms with Gasteiger partial charge in [0.1, 0.15) is 30.5 Å². The topological polar surface area (TPSA) is 178 Å². The van der Waals surface area contributed by atoms with E-state index in [9.17, 15) is 33.1 Å². The molecule has 1 aliphatic rings. The third-order valence-corrected chi connectivity index (χ3v) is 12.7. The normalized spacial score (nSPS) is 19.8. The number of unbranched alkanes of at least 4 members (excludes halogenated alkanes) is 28. The van der Waals surface area contributed by atoms with E-state index in [-0.39, 0.29) is 19.6 Å². The third-order valence-electron chi connectivity index (χ3n) is 12.2. The summed E-state index contributed by atoms with van der Waals surface area (Å²) in [5, 5.41) is 30.7. The van der Waals surface area contributed by atoms with E-state index in [1.807, 2.05) is 0 Å². The third kappa shape index (κ3) is 37.2. The molecule has 1 fully saturated rings. The van der Waals surface area contributed by atoms with Crippen LogP contribution >= 0.6 is 0 Å². The molecule has 0 aromatic carbocycles. The summed E-state index contributed by atoms with van der Waals surface area (Å²) in [6.45, 7) is 3.93. The molecule has 6 atom stereocenters. The molecule has 6 unspecified atom stereocenters. The van der Waals surface area contributed by atoms with Crippen molar-refractivity contribution in [3.63, 3.8) is 0 Å². The largest absolute Gasteiger partial charge is 0.457 e. The summed E-state index contributed by atoms with van der Waals surface area (Å²) in [4.78, 5) is 12.9. The van der Waals surface area contributed by atoms with Gasteiger partial charge in [-0.1, -0.05) is 198 Å². The van der Waals surface area contributed by atoms with Gasteiger partial charge in [-0.25, -0.2) is 4.18 Å². The highest BCUT2D eigenvalue weighted by molar-refractivity contribution is 7.80. The predicted octanol–water partition coefficient (Wildman–Crippen LogP) is 12.5. The molecule has 1 saturated heterocycles. The number of hydrogen-bond acceptors (Lipinski definition) is 11. The maximum absolute atomic E-state index is 12.9. The van der Waals surface area contributed by atoms with Crippen molar-refractivity contribution in [1.29, 1.82) is 0 Å². The van der Waals surface area contributed by atoms with E-state index < -0.39 is 59.8 Å². The fourth-order valence-electron chi connectivity index (χ4n) is 8.18. The molecule has 12 nitrogen and oxygen atoms in total. The molecular formula is C53H98O12S. The van der Waals surface area contributed by atoms with Gasteiger partial charge in [0.2, 0.25) is 0 Å². The molecule has 0 radical (unpaired) electrons. The van der Waals surface area contributed by atoms with Crippen LogP contribution in [0.15, 0.2) is 36.5 Å². The Morgan fingerprint density at radius 3 is 1.52 bits per heavy atom. The van der Waals surface area contributed by atoms with Gasteiger partial charge in [-0.2, -0.15) is 8.42 Å². The zero-order valence-electron chi connectivity index (χ0n) is 41.8. The first-order chi connectivity index (χ1) is 32.1. The first kappa shape index (κ1) is 62.3. The molecule has 388 valence electrons. The quantitative estimate of drug-likeness (QED) is 0.0197. The van der Waals surface area contributed by atoms with Gasteiger partial charge in [-0.05, 0) is 64.2 Å². The summed E-state index contributed by atoms with van der Waals surface area (Å²) < 4.78 is 59.2. The number of ether oxygens (including phenoxy) is 4. The Bertz CT molecular complexity index is 1290. The Morgan fingerprint density at radius 2 is 1.03 bits per heavy atom. The first-order valence-corrected chi connectivity index (χ1v) is 28.1. The number of hydrogen-bond donors (Lipinski definition) is 4. The van der Waals surface area contributed by atoms with E-state index in [4.69, 9.17) is 18.9 Å². The van der Waals surface area contributed by atoms with Gasteiger partial charge >= 0.3 is 16.4 Å². The molecule has 1 rings (SSSR count). The van der Waals surface area contributed by atoms with Gasteiger partial charge < -0.3 is 34.3 Å².